The van der Waals surface area contributed by atoms with Gasteiger partial charge in [-0.25, -0.2) is 0 Å². The molecule has 0 aromatic heterocycles. The van der Waals surface area contributed by atoms with Crippen LogP contribution in [0.1, 0.15) is 5.56 Å². The first-order chi connectivity index (χ1) is 6.16. The van der Waals surface area contributed by atoms with E-state index in [1.165, 1.54) is 6.07 Å². The molecule has 1 aromatic rings. The standard InChI is InChI=1S/C9H12ClNO2/c1-6-8(13-5-4-11)3-2-7(12)9(6)10/h2-3,12H,4-5,11H2,1H3. The Balaban J connectivity index is 2.90. The lowest BCUT2D eigenvalue weighted by molar-refractivity contribution is 0.325. The lowest BCUT2D eigenvalue weighted by Gasteiger charge is -2.09. The van der Waals surface area contributed by atoms with Crippen LogP contribution < -0.4 is 10.5 Å². The van der Waals surface area contributed by atoms with Gasteiger partial charge in [-0.2, -0.15) is 0 Å². The molecule has 3 nitrogen and oxygen atoms in total. The average molecular weight is 202 g/mol. The van der Waals surface area contributed by atoms with E-state index in [0.717, 1.165) is 5.56 Å². The van der Waals surface area contributed by atoms with E-state index < -0.39 is 0 Å². The summed E-state index contributed by atoms with van der Waals surface area (Å²) in [6, 6.07) is 3.17. The number of hydrogen-bond donors (Lipinski definition) is 2. The zero-order valence-corrected chi connectivity index (χ0v) is 8.14. The molecular formula is C9H12ClNO2. The number of phenolic OH excluding ortho intramolecular Hbond substituents is 1. The summed E-state index contributed by atoms with van der Waals surface area (Å²) >= 11 is 5.80. The third-order valence-corrected chi connectivity index (χ3v) is 2.17. The topological polar surface area (TPSA) is 55.5 Å². The molecule has 1 aromatic carbocycles. The van der Waals surface area contributed by atoms with Crippen molar-refractivity contribution in [3.8, 4) is 11.5 Å². The van der Waals surface area contributed by atoms with Crippen molar-refractivity contribution in [2.24, 2.45) is 5.73 Å². The van der Waals surface area contributed by atoms with E-state index in [4.69, 9.17) is 22.1 Å². The number of phenols is 1. The SMILES string of the molecule is Cc1c(OCCN)ccc(O)c1Cl. The lowest BCUT2D eigenvalue weighted by Crippen LogP contribution is -2.11. The molecule has 0 fully saturated rings. The van der Waals surface area contributed by atoms with Crippen LogP contribution in [0.2, 0.25) is 5.02 Å². The fourth-order valence-electron chi connectivity index (χ4n) is 0.978. The number of ether oxygens (including phenoxy) is 1. The van der Waals surface area contributed by atoms with Crippen molar-refractivity contribution < 1.29 is 9.84 Å². The number of benzene rings is 1. The van der Waals surface area contributed by atoms with Gasteiger partial charge in [-0.15, -0.1) is 0 Å². The summed E-state index contributed by atoms with van der Waals surface area (Å²) in [5.74, 6) is 0.729. The molecule has 0 amide bonds. The molecule has 0 radical (unpaired) electrons. The minimum Gasteiger partial charge on any atom is -0.506 e. The third kappa shape index (κ3) is 2.26. The largest absolute Gasteiger partial charge is 0.506 e. The Bertz CT molecular complexity index is 302. The Kier molecular flexibility index (Phi) is 3.39. The van der Waals surface area contributed by atoms with Gasteiger partial charge < -0.3 is 15.6 Å². The van der Waals surface area contributed by atoms with E-state index >= 15 is 0 Å². The first kappa shape index (κ1) is 10.2. The second kappa shape index (κ2) is 4.35. The van der Waals surface area contributed by atoms with Crippen molar-refractivity contribution in [2.45, 2.75) is 6.92 Å². The average Bonchev–Trinajstić information content (AvgIpc) is 2.13. The molecule has 0 saturated heterocycles. The van der Waals surface area contributed by atoms with E-state index in [9.17, 15) is 5.11 Å². The van der Waals surface area contributed by atoms with Gasteiger partial charge in [0.1, 0.15) is 18.1 Å². The van der Waals surface area contributed by atoms with Crippen molar-refractivity contribution in [2.75, 3.05) is 13.2 Å². The lowest BCUT2D eigenvalue weighted by atomic mass is 10.2. The molecule has 1 rings (SSSR count). The van der Waals surface area contributed by atoms with Gasteiger partial charge in [-0.1, -0.05) is 11.6 Å². The van der Waals surface area contributed by atoms with Crippen LogP contribution in [-0.4, -0.2) is 18.3 Å². The van der Waals surface area contributed by atoms with Crippen LogP contribution in [0.3, 0.4) is 0 Å². The molecule has 0 aliphatic rings. The van der Waals surface area contributed by atoms with Gasteiger partial charge in [0.15, 0.2) is 0 Å². The predicted octanol–water partition coefficient (Wildman–Crippen LogP) is 1.69. The van der Waals surface area contributed by atoms with E-state index in [1.54, 1.807) is 13.0 Å². The number of rotatable bonds is 3. The minimum atomic E-state index is 0.0688. The summed E-state index contributed by atoms with van der Waals surface area (Å²) in [5.41, 5.74) is 6.02. The van der Waals surface area contributed by atoms with Crippen LogP contribution in [0.4, 0.5) is 0 Å². The summed E-state index contributed by atoms with van der Waals surface area (Å²) in [5, 5.41) is 9.57. The van der Waals surface area contributed by atoms with Gasteiger partial charge in [-0.05, 0) is 19.1 Å². The summed E-state index contributed by atoms with van der Waals surface area (Å²) in [7, 11) is 0. The first-order valence-electron chi connectivity index (χ1n) is 3.97. The Labute approximate surface area is 82.1 Å². The monoisotopic (exact) mass is 201 g/mol. The number of hydrogen-bond acceptors (Lipinski definition) is 3. The van der Waals surface area contributed by atoms with Crippen LogP contribution >= 0.6 is 11.6 Å². The van der Waals surface area contributed by atoms with E-state index in [1.807, 2.05) is 0 Å². The van der Waals surface area contributed by atoms with E-state index in [-0.39, 0.29) is 5.75 Å². The molecule has 4 heteroatoms. The number of halogens is 1. The maximum absolute atomic E-state index is 9.24. The number of aromatic hydroxyl groups is 1. The van der Waals surface area contributed by atoms with Crippen LogP contribution in [0, 0.1) is 6.92 Å². The van der Waals surface area contributed by atoms with Crippen molar-refractivity contribution in [1.82, 2.24) is 0 Å². The van der Waals surface area contributed by atoms with Gasteiger partial charge in [0.25, 0.3) is 0 Å². The Morgan fingerprint density at radius 2 is 2.23 bits per heavy atom. The smallest absolute Gasteiger partial charge is 0.134 e. The zero-order valence-electron chi connectivity index (χ0n) is 7.38. The molecule has 0 aliphatic carbocycles. The van der Waals surface area contributed by atoms with Crippen LogP contribution in [0.5, 0.6) is 11.5 Å². The van der Waals surface area contributed by atoms with Gasteiger partial charge in [0.2, 0.25) is 0 Å². The molecule has 0 aliphatic heterocycles. The number of nitrogens with two attached hydrogens (primary N) is 1. The molecule has 0 heterocycles. The minimum absolute atomic E-state index is 0.0688. The Hall–Kier alpha value is -0.930. The van der Waals surface area contributed by atoms with Gasteiger partial charge >= 0.3 is 0 Å². The highest BCUT2D eigenvalue weighted by atomic mass is 35.5. The fourth-order valence-corrected chi connectivity index (χ4v) is 1.13. The molecule has 0 spiro atoms. The summed E-state index contributed by atoms with van der Waals surface area (Å²) < 4.78 is 5.30. The van der Waals surface area contributed by atoms with Gasteiger partial charge in [-0.3, -0.25) is 0 Å². The fraction of sp³-hybridized carbons (Fsp3) is 0.333. The molecule has 0 atom stereocenters. The zero-order chi connectivity index (χ0) is 9.84. The van der Waals surface area contributed by atoms with E-state index in [0.29, 0.717) is 23.9 Å². The second-order valence-corrected chi connectivity index (χ2v) is 3.04. The molecule has 0 bridgehead atoms. The summed E-state index contributed by atoms with van der Waals surface area (Å²) in [6.07, 6.45) is 0. The molecule has 72 valence electrons. The van der Waals surface area contributed by atoms with E-state index in [2.05, 4.69) is 0 Å². The Morgan fingerprint density at radius 3 is 2.85 bits per heavy atom. The molecule has 0 saturated carbocycles. The van der Waals surface area contributed by atoms with Crippen molar-refractivity contribution in [3.63, 3.8) is 0 Å². The molecule has 13 heavy (non-hydrogen) atoms. The molecule has 0 unspecified atom stereocenters. The molecular weight excluding hydrogens is 190 g/mol. The summed E-state index contributed by atoms with van der Waals surface area (Å²) in [6.45, 7) is 2.69. The normalized spacial score (nSPS) is 10.1. The molecule has 3 N–H and O–H groups in total. The van der Waals surface area contributed by atoms with Crippen molar-refractivity contribution in [1.29, 1.82) is 0 Å². The maximum Gasteiger partial charge on any atom is 0.134 e. The van der Waals surface area contributed by atoms with Crippen molar-refractivity contribution in [3.05, 3.63) is 22.7 Å². The third-order valence-electron chi connectivity index (χ3n) is 1.69. The first-order valence-corrected chi connectivity index (χ1v) is 4.35. The van der Waals surface area contributed by atoms with Crippen LogP contribution in [0.15, 0.2) is 12.1 Å². The second-order valence-electron chi connectivity index (χ2n) is 2.66. The summed E-state index contributed by atoms with van der Waals surface area (Å²) in [4.78, 5) is 0. The highest BCUT2D eigenvalue weighted by Gasteiger charge is 2.07. The van der Waals surface area contributed by atoms with Crippen molar-refractivity contribution >= 4 is 11.6 Å². The van der Waals surface area contributed by atoms with Gasteiger partial charge in [0, 0.05) is 12.1 Å². The Morgan fingerprint density at radius 1 is 1.54 bits per heavy atom. The van der Waals surface area contributed by atoms with Crippen LogP contribution in [0.25, 0.3) is 0 Å². The van der Waals surface area contributed by atoms with Gasteiger partial charge in [0.05, 0.1) is 5.02 Å². The predicted molar refractivity (Wildman–Crippen MR) is 52.4 cm³/mol. The highest BCUT2D eigenvalue weighted by Crippen LogP contribution is 2.32. The highest BCUT2D eigenvalue weighted by molar-refractivity contribution is 6.32. The quantitative estimate of drug-likeness (QED) is 0.783. The maximum atomic E-state index is 9.24. The van der Waals surface area contributed by atoms with Crippen LogP contribution in [-0.2, 0) is 0 Å².